The van der Waals surface area contributed by atoms with E-state index >= 15 is 0 Å². The molecule has 20 heavy (non-hydrogen) atoms. The molecule has 5 heteroatoms. The first-order valence-corrected chi connectivity index (χ1v) is 5.83. The first-order valence-electron chi connectivity index (χ1n) is 5.83. The molecule has 2 aromatic carbocycles. The Morgan fingerprint density at radius 2 is 1.65 bits per heavy atom. The van der Waals surface area contributed by atoms with Crippen molar-refractivity contribution in [2.24, 2.45) is 0 Å². The summed E-state index contributed by atoms with van der Waals surface area (Å²) in [6, 6.07) is 12.5. The Hall–Kier alpha value is -2.74. The predicted octanol–water partition coefficient (Wildman–Crippen LogP) is 2.96. The predicted molar refractivity (Wildman–Crippen MR) is 68.6 cm³/mol. The van der Waals surface area contributed by atoms with Gasteiger partial charge in [0.25, 0.3) is 5.91 Å². The zero-order valence-electron chi connectivity index (χ0n) is 10.3. The van der Waals surface area contributed by atoms with Gasteiger partial charge in [0.1, 0.15) is 23.2 Å². The molecule has 1 N–H and O–H groups in total. The number of nitrogens with one attached hydrogen (secondary N) is 1. The molecule has 0 bridgehead atoms. The van der Waals surface area contributed by atoms with Crippen molar-refractivity contribution in [2.45, 2.75) is 6.04 Å². The standard InChI is InChI=1S/C15H10F2N2O/c16-11-7-4-8-12(17)14(11)15(20)19-13(9-18)10-5-2-1-3-6-10/h1-8,13H,(H,19,20). The van der Waals surface area contributed by atoms with Crippen LogP contribution in [0, 0.1) is 23.0 Å². The van der Waals surface area contributed by atoms with Crippen LogP contribution in [0.15, 0.2) is 48.5 Å². The number of nitrogens with zero attached hydrogens (tertiary/aromatic N) is 1. The van der Waals surface area contributed by atoms with E-state index < -0.39 is 29.1 Å². The highest BCUT2D eigenvalue weighted by Crippen LogP contribution is 2.16. The fraction of sp³-hybridized carbons (Fsp3) is 0.0667. The van der Waals surface area contributed by atoms with Gasteiger partial charge in [-0.3, -0.25) is 4.79 Å². The average Bonchev–Trinajstić information content (AvgIpc) is 2.45. The van der Waals surface area contributed by atoms with Gasteiger partial charge in [-0.2, -0.15) is 5.26 Å². The van der Waals surface area contributed by atoms with Crippen molar-refractivity contribution in [1.29, 1.82) is 5.26 Å². The van der Waals surface area contributed by atoms with E-state index in [9.17, 15) is 13.6 Å². The molecular weight excluding hydrogens is 262 g/mol. The number of halogens is 2. The van der Waals surface area contributed by atoms with E-state index in [2.05, 4.69) is 5.32 Å². The van der Waals surface area contributed by atoms with Gasteiger partial charge in [-0.1, -0.05) is 36.4 Å². The van der Waals surface area contributed by atoms with E-state index in [1.165, 1.54) is 6.07 Å². The summed E-state index contributed by atoms with van der Waals surface area (Å²) >= 11 is 0. The molecule has 0 aliphatic rings. The fourth-order valence-electron chi connectivity index (χ4n) is 1.75. The normalized spacial score (nSPS) is 11.4. The lowest BCUT2D eigenvalue weighted by molar-refractivity contribution is 0.0936. The van der Waals surface area contributed by atoms with E-state index in [1.807, 2.05) is 6.07 Å². The van der Waals surface area contributed by atoms with Crippen LogP contribution in [0.4, 0.5) is 8.78 Å². The fourth-order valence-corrected chi connectivity index (χ4v) is 1.75. The lowest BCUT2D eigenvalue weighted by atomic mass is 10.1. The maximum atomic E-state index is 13.5. The number of carbonyl (C=O) groups excluding carboxylic acids is 1. The highest BCUT2D eigenvalue weighted by atomic mass is 19.1. The molecule has 100 valence electrons. The van der Waals surface area contributed by atoms with Gasteiger partial charge in [0.05, 0.1) is 6.07 Å². The number of carbonyl (C=O) groups is 1. The van der Waals surface area contributed by atoms with E-state index in [0.717, 1.165) is 12.1 Å². The molecule has 0 aromatic heterocycles. The number of amides is 1. The Morgan fingerprint density at radius 3 is 2.20 bits per heavy atom. The molecule has 1 amide bonds. The topological polar surface area (TPSA) is 52.9 Å². The maximum absolute atomic E-state index is 13.5. The van der Waals surface area contributed by atoms with Crippen molar-refractivity contribution in [3.8, 4) is 6.07 Å². The van der Waals surface area contributed by atoms with Gasteiger partial charge in [0.15, 0.2) is 0 Å². The molecule has 0 fully saturated rings. The summed E-state index contributed by atoms with van der Waals surface area (Å²) in [5, 5.41) is 11.4. The van der Waals surface area contributed by atoms with Crippen molar-refractivity contribution in [3.05, 3.63) is 71.3 Å². The second kappa shape index (κ2) is 5.93. The summed E-state index contributed by atoms with van der Waals surface area (Å²) in [4.78, 5) is 11.9. The van der Waals surface area contributed by atoms with Gasteiger partial charge in [-0.15, -0.1) is 0 Å². The highest BCUT2D eigenvalue weighted by molar-refractivity contribution is 5.95. The van der Waals surface area contributed by atoms with Crippen molar-refractivity contribution < 1.29 is 13.6 Å². The van der Waals surface area contributed by atoms with Crippen molar-refractivity contribution in [1.82, 2.24) is 5.32 Å². The molecule has 0 aliphatic carbocycles. The average molecular weight is 272 g/mol. The van der Waals surface area contributed by atoms with E-state index in [1.54, 1.807) is 30.3 Å². The third kappa shape index (κ3) is 2.81. The van der Waals surface area contributed by atoms with Gasteiger partial charge >= 0.3 is 0 Å². The first-order chi connectivity index (χ1) is 9.63. The van der Waals surface area contributed by atoms with Gasteiger partial charge in [0, 0.05) is 0 Å². The number of rotatable bonds is 3. The Kier molecular flexibility index (Phi) is 4.06. The lowest BCUT2D eigenvalue weighted by Gasteiger charge is -2.12. The quantitative estimate of drug-likeness (QED) is 0.933. The van der Waals surface area contributed by atoms with Crippen LogP contribution in [-0.4, -0.2) is 5.91 Å². The Labute approximate surface area is 114 Å². The van der Waals surface area contributed by atoms with Crippen LogP contribution in [0.25, 0.3) is 0 Å². The summed E-state index contributed by atoms with van der Waals surface area (Å²) in [7, 11) is 0. The van der Waals surface area contributed by atoms with Crippen LogP contribution in [-0.2, 0) is 0 Å². The smallest absolute Gasteiger partial charge is 0.258 e. The molecule has 0 saturated heterocycles. The van der Waals surface area contributed by atoms with Crippen LogP contribution >= 0.6 is 0 Å². The summed E-state index contributed by atoms with van der Waals surface area (Å²) in [6.07, 6.45) is 0. The molecule has 1 unspecified atom stereocenters. The second-order valence-corrected chi connectivity index (χ2v) is 4.04. The third-order valence-electron chi connectivity index (χ3n) is 2.73. The molecule has 0 radical (unpaired) electrons. The lowest BCUT2D eigenvalue weighted by Crippen LogP contribution is -2.29. The number of nitriles is 1. The van der Waals surface area contributed by atoms with E-state index in [0.29, 0.717) is 5.56 Å². The minimum Gasteiger partial charge on any atom is -0.332 e. The third-order valence-corrected chi connectivity index (χ3v) is 2.73. The SMILES string of the molecule is N#CC(NC(=O)c1c(F)cccc1F)c1ccccc1. The largest absolute Gasteiger partial charge is 0.332 e. The van der Waals surface area contributed by atoms with Gasteiger partial charge in [-0.25, -0.2) is 8.78 Å². The molecule has 1 atom stereocenters. The van der Waals surface area contributed by atoms with Crippen LogP contribution in [0.5, 0.6) is 0 Å². The minimum atomic E-state index is -0.970. The van der Waals surface area contributed by atoms with Gasteiger partial charge in [0.2, 0.25) is 0 Å². The minimum absolute atomic E-state index is 0.542. The number of hydrogen-bond donors (Lipinski definition) is 1. The number of benzene rings is 2. The van der Waals surface area contributed by atoms with Crippen LogP contribution in [0.3, 0.4) is 0 Å². The molecule has 3 nitrogen and oxygen atoms in total. The van der Waals surface area contributed by atoms with Gasteiger partial charge in [-0.05, 0) is 17.7 Å². The molecule has 0 aliphatic heterocycles. The molecular formula is C15H10F2N2O. The molecule has 0 saturated carbocycles. The van der Waals surface area contributed by atoms with E-state index in [-0.39, 0.29) is 0 Å². The molecule has 2 rings (SSSR count). The maximum Gasteiger partial charge on any atom is 0.258 e. The van der Waals surface area contributed by atoms with Crippen LogP contribution in [0.2, 0.25) is 0 Å². The molecule has 0 heterocycles. The zero-order valence-corrected chi connectivity index (χ0v) is 10.3. The second-order valence-electron chi connectivity index (χ2n) is 4.04. The summed E-state index contributed by atoms with van der Waals surface area (Å²) in [5.74, 6) is -2.89. The van der Waals surface area contributed by atoms with Crippen molar-refractivity contribution in [3.63, 3.8) is 0 Å². The Morgan fingerprint density at radius 1 is 1.05 bits per heavy atom. The molecule has 0 spiro atoms. The van der Waals surface area contributed by atoms with Crippen LogP contribution in [0.1, 0.15) is 22.0 Å². The molecule has 2 aromatic rings. The summed E-state index contributed by atoms with van der Waals surface area (Å²) in [6.45, 7) is 0. The number of hydrogen-bond acceptors (Lipinski definition) is 2. The Balaban J connectivity index is 2.25. The van der Waals surface area contributed by atoms with Crippen molar-refractivity contribution in [2.75, 3.05) is 0 Å². The Bertz CT molecular complexity index is 645. The highest BCUT2D eigenvalue weighted by Gasteiger charge is 2.20. The zero-order chi connectivity index (χ0) is 14.5. The van der Waals surface area contributed by atoms with Crippen molar-refractivity contribution >= 4 is 5.91 Å². The van der Waals surface area contributed by atoms with Crippen LogP contribution < -0.4 is 5.32 Å². The first kappa shape index (κ1) is 13.7. The van der Waals surface area contributed by atoms with E-state index in [4.69, 9.17) is 5.26 Å². The summed E-state index contributed by atoms with van der Waals surface area (Å²) in [5.41, 5.74) is -0.149. The van der Waals surface area contributed by atoms with Gasteiger partial charge < -0.3 is 5.32 Å². The summed E-state index contributed by atoms with van der Waals surface area (Å²) < 4.78 is 26.9. The monoisotopic (exact) mass is 272 g/mol.